The number of anilines is 1. The van der Waals surface area contributed by atoms with Gasteiger partial charge in [-0.25, -0.2) is 9.97 Å². The van der Waals surface area contributed by atoms with Gasteiger partial charge in [0.15, 0.2) is 0 Å². The Labute approximate surface area is 89.1 Å². The molecule has 76 valence electrons. The van der Waals surface area contributed by atoms with E-state index in [1.807, 2.05) is 6.07 Å². The van der Waals surface area contributed by atoms with Gasteiger partial charge in [0, 0.05) is 24.7 Å². The Morgan fingerprint density at radius 1 is 1.64 bits per heavy atom. The topological polar surface area (TPSA) is 29.0 Å². The van der Waals surface area contributed by atoms with Gasteiger partial charge in [-0.3, -0.25) is 0 Å². The zero-order chi connectivity index (χ0) is 9.97. The van der Waals surface area contributed by atoms with Crippen LogP contribution in [0.2, 0.25) is 0 Å². The molecule has 0 N–H and O–H groups in total. The van der Waals surface area contributed by atoms with Crippen molar-refractivity contribution in [2.75, 3.05) is 17.3 Å². The van der Waals surface area contributed by atoms with E-state index in [0.717, 1.165) is 24.7 Å². The molecule has 0 amide bonds. The smallest absolute Gasteiger partial charge is 0.132 e. The Hall–Kier alpha value is -0.830. The van der Waals surface area contributed by atoms with Crippen molar-refractivity contribution in [3.05, 3.63) is 18.6 Å². The molecule has 1 aliphatic rings. The van der Waals surface area contributed by atoms with Crippen LogP contribution in [0.3, 0.4) is 0 Å². The SMILES string of the molecule is CC1C(CCl)CCN1c1ccncn1. The van der Waals surface area contributed by atoms with Crippen LogP contribution in [-0.2, 0) is 0 Å². The van der Waals surface area contributed by atoms with Crippen LogP contribution in [0.25, 0.3) is 0 Å². The molecule has 1 saturated heterocycles. The molecule has 0 aromatic carbocycles. The molecule has 2 heterocycles. The third-order valence-electron chi connectivity index (χ3n) is 2.97. The predicted octanol–water partition coefficient (Wildman–Crippen LogP) is 1.93. The highest BCUT2D eigenvalue weighted by atomic mass is 35.5. The Balaban J connectivity index is 2.14. The van der Waals surface area contributed by atoms with Crippen molar-refractivity contribution in [3.63, 3.8) is 0 Å². The van der Waals surface area contributed by atoms with Crippen LogP contribution >= 0.6 is 11.6 Å². The number of hydrogen-bond donors (Lipinski definition) is 0. The number of aromatic nitrogens is 2. The first-order chi connectivity index (χ1) is 6.83. The zero-order valence-electron chi connectivity index (χ0n) is 8.23. The molecule has 0 aliphatic carbocycles. The zero-order valence-corrected chi connectivity index (χ0v) is 8.98. The van der Waals surface area contributed by atoms with Gasteiger partial charge in [0.1, 0.15) is 12.1 Å². The van der Waals surface area contributed by atoms with Crippen molar-refractivity contribution in [2.24, 2.45) is 5.92 Å². The molecule has 2 rings (SSSR count). The van der Waals surface area contributed by atoms with Crippen molar-refractivity contribution in [3.8, 4) is 0 Å². The second-order valence-electron chi connectivity index (χ2n) is 3.70. The average Bonchev–Trinajstić information content (AvgIpc) is 2.61. The number of nitrogens with zero attached hydrogens (tertiary/aromatic N) is 3. The fraction of sp³-hybridized carbons (Fsp3) is 0.600. The number of alkyl halides is 1. The molecule has 1 fully saturated rings. The first kappa shape index (κ1) is 9.71. The molecular weight excluding hydrogens is 198 g/mol. The number of halogens is 1. The van der Waals surface area contributed by atoms with Gasteiger partial charge in [0.25, 0.3) is 0 Å². The fourth-order valence-corrected chi connectivity index (χ4v) is 2.40. The Morgan fingerprint density at radius 3 is 3.07 bits per heavy atom. The minimum Gasteiger partial charge on any atom is -0.353 e. The van der Waals surface area contributed by atoms with Crippen LogP contribution in [0.5, 0.6) is 0 Å². The van der Waals surface area contributed by atoms with Crippen molar-refractivity contribution < 1.29 is 0 Å². The summed E-state index contributed by atoms with van der Waals surface area (Å²) in [5.41, 5.74) is 0. The molecule has 14 heavy (non-hydrogen) atoms. The first-order valence-corrected chi connectivity index (χ1v) is 5.45. The summed E-state index contributed by atoms with van der Waals surface area (Å²) in [6.45, 7) is 3.26. The molecule has 1 aromatic heterocycles. The summed E-state index contributed by atoms with van der Waals surface area (Å²) in [5, 5.41) is 0. The fourth-order valence-electron chi connectivity index (χ4n) is 1.99. The van der Waals surface area contributed by atoms with Crippen LogP contribution in [-0.4, -0.2) is 28.4 Å². The molecule has 1 aromatic rings. The summed E-state index contributed by atoms with van der Waals surface area (Å²) < 4.78 is 0. The second kappa shape index (κ2) is 4.13. The molecule has 0 radical (unpaired) electrons. The van der Waals surface area contributed by atoms with Crippen molar-refractivity contribution in [1.82, 2.24) is 9.97 Å². The van der Waals surface area contributed by atoms with Crippen molar-refractivity contribution in [1.29, 1.82) is 0 Å². The maximum Gasteiger partial charge on any atom is 0.132 e. The average molecular weight is 212 g/mol. The van der Waals surface area contributed by atoms with E-state index in [9.17, 15) is 0 Å². The minimum atomic E-state index is 0.488. The lowest BCUT2D eigenvalue weighted by Gasteiger charge is -2.24. The Bertz CT molecular complexity index is 291. The number of hydrogen-bond acceptors (Lipinski definition) is 3. The van der Waals surface area contributed by atoms with Gasteiger partial charge >= 0.3 is 0 Å². The molecule has 0 spiro atoms. The van der Waals surface area contributed by atoms with Gasteiger partial charge in [-0.2, -0.15) is 0 Å². The number of rotatable bonds is 2. The molecule has 2 unspecified atom stereocenters. The van der Waals surface area contributed by atoms with Crippen LogP contribution in [0, 0.1) is 5.92 Å². The molecule has 1 aliphatic heterocycles. The maximum atomic E-state index is 5.90. The van der Waals surface area contributed by atoms with Gasteiger partial charge in [-0.15, -0.1) is 11.6 Å². The van der Waals surface area contributed by atoms with Crippen molar-refractivity contribution >= 4 is 17.4 Å². The molecule has 4 heteroatoms. The predicted molar refractivity (Wildman–Crippen MR) is 57.7 cm³/mol. The lowest BCUT2D eigenvalue weighted by molar-refractivity contribution is 0.550. The third kappa shape index (κ3) is 1.69. The van der Waals surface area contributed by atoms with E-state index in [4.69, 9.17) is 11.6 Å². The Kier molecular flexibility index (Phi) is 2.87. The molecule has 0 bridgehead atoms. The van der Waals surface area contributed by atoms with E-state index < -0.39 is 0 Å². The summed E-state index contributed by atoms with van der Waals surface area (Å²) in [6.07, 6.45) is 4.54. The molecule has 2 atom stereocenters. The summed E-state index contributed by atoms with van der Waals surface area (Å²) in [4.78, 5) is 10.5. The lowest BCUT2D eigenvalue weighted by atomic mass is 10.1. The highest BCUT2D eigenvalue weighted by Crippen LogP contribution is 2.28. The monoisotopic (exact) mass is 211 g/mol. The largest absolute Gasteiger partial charge is 0.353 e. The highest BCUT2D eigenvalue weighted by Gasteiger charge is 2.30. The third-order valence-corrected chi connectivity index (χ3v) is 3.37. The van der Waals surface area contributed by atoms with E-state index in [0.29, 0.717) is 12.0 Å². The van der Waals surface area contributed by atoms with Gasteiger partial charge < -0.3 is 4.90 Å². The second-order valence-corrected chi connectivity index (χ2v) is 4.01. The summed E-state index contributed by atoms with van der Waals surface area (Å²) >= 11 is 5.90. The van der Waals surface area contributed by atoms with Crippen molar-refractivity contribution in [2.45, 2.75) is 19.4 Å². The lowest BCUT2D eigenvalue weighted by Crippen LogP contribution is -2.31. The quantitative estimate of drug-likeness (QED) is 0.700. The van der Waals surface area contributed by atoms with Crippen LogP contribution in [0.15, 0.2) is 18.6 Å². The molecule has 0 saturated carbocycles. The Morgan fingerprint density at radius 2 is 2.50 bits per heavy atom. The van der Waals surface area contributed by atoms with Gasteiger partial charge in [0.2, 0.25) is 0 Å². The van der Waals surface area contributed by atoms with E-state index in [2.05, 4.69) is 21.8 Å². The van der Waals surface area contributed by atoms with E-state index in [1.165, 1.54) is 0 Å². The van der Waals surface area contributed by atoms with Crippen LogP contribution in [0.1, 0.15) is 13.3 Å². The van der Waals surface area contributed by atoms with Crippen LogP contribution < -0.4 is 4.90 Å². The normalized spacial score (nSPS) is 26.9. The molecule has 3 nitrogen and oxygen atoms in total. The maximum absolute atomic E-state index is 5.90. The van der Waals surface area contributed by atoms with E-state index in [1.54, 1.807) is 12.5 Å². The van der Waals surface area contributed by atoms with Gasteiger partial charge in [0.05, 0.1) is 0 Å². The van der Waals surface area contributed by atoms with Gasteiger partial charge in [-0.1, -0.05) is 0 Å². The van der Waals surface area contributed by atoms with Gasteiger partial charge in [-0.05, 0) is 25.3 Å². The first-order valence-electron chi connectivity index (χ1n) is 4.91. The highest BCUT2D eigenvalue weighted by molar-refractivity contribution is 6.18. The summed E-state index contributed by atoms with van der Waals surface area (Å²) in [7, 11) is 0. The molecular formula is C10H14ClN3. The minimum absolute atomic E-state index is 0.488. The standard InChI is InChI=1S/C10H14ClN3/c1-8-9(6-11)3-5-14(8)10-2-4-12-7-13-10/h2,4,7-9H,3,5-6H2,1H3. The van der Waals surface area contributed by atoms with E-state index in [-0.39, 0.29) is 0 Å². The van der Waals surface area contributed by atoms with Crippen LogP contribution in [0.4, 0.5) is 5.82 Å². The van der Waals surface area contributed by atoms with E-state index >= 15 is 0 Å². The summed E-state index contributed by atoms with van der Waals surface area (Å²) in [6, 6.07) is 2.44. The summed E-state index contributed by atoms with van der Waals surface area (Å²) in [5.74, 6) is 2.34.